The Morgan fingerprint density at radius 1 is 1.35 bits per heavy atom. The predicted molar refractivity (Wildman–Crippen MR) is 85.7 cm³/mol. The van der Waals surface area contributed by atoms with Crippen LogP contribution in [0.15, 0.2) is 30.5 Å². The van der Waals surface area contributed by atoms with Crippen molar-refractivity contribution >= 4 is 28.9 Å². The molecule has 2 heterocycles. The molecular formula is C14H15N7O2. The average Bonchev–Trinajstić information content (AvgIpc) is 2.91. The fraction of sp³-hybridized carbons (Fsp3) is 0.214. The van der Waals surface area contributed by atoms with E-state index in [1.165, 1.54) is 16.6 Å². The number of anilines is 3. The highest BCUT2D eigenvalue weighted by Gasteiger charge is 2.15. The number of fused-ring (bicyclic) bond motifs is 1. The van der Waals surface area contributed by atoms with Gasteiger partial charge in [-0.1, -0.05) is 19.9 Å². The van der Waals surface area contributed by atoms with Crippen molar-refractivity contribution in [2.45, 2.75) is 19.8 Å². The van der Waals surface area contributed by atoms with Crippen molar-refractivity contribution in [1.82, 2.24) is 19.6 Å². The van der Waals surface area contributed by atoms with Crippen LogP contribution < -0.4 is 11.1 Å². The van der Waals surface area contributed by atoms with Crippen LogP contribution in [0.4, 0.5) is 23.3 Å². The van der Waals surface area contributed by atoms with Gasteiger partial charge in [-0.25, -0.2) is 0 Å². The molecule has 23 heavy (non-hydrogen) atoms. The Labute approximate surface area is 131 Å². The number of nitrogens with zero attached hydrogens (tertiary/aromatic N) is 5. The molecule has 0 amide bonds. The smallest absolute Gasteiger partial charge is 0.271 e. The van der Waals surface area contributed by atoms with Crippen LogP contribution in [0, 0.1) is 10.1 Å². The highest BCUT2D eigenvalue weighted by molar-refractivity contribution is 5.62. The SMILES string of the molecule is CC(C)c1cnn2c(Nc3cccc([N+](=O)[O-])c3)nc(N)nc12. The Bertz CT molecular complexity index is 888. The quantitative estimate of drug-likeness (QED) is 0.560. The topological polar surface area (TPSA) is 124 Å². The standard InChI is InChI=1S/C14H15N7O2/c1-8(2)11-7-16-20-12(11)18-13(15)19-14(20)17-9-4-3-5-10(6-9)21(22)23/h3-8H,1-2H3,(H3,15,17,18,19). The lowest BCUT2D eigenvalue weighted by Gasteiger charge is -2.09. The van der Waals surface area contributed by atoms with E-state index in [2.05, 4.69) is 20.4 Å². The van der Waals surface area contributed by atoms with Crippen molar-refractivity contribution in [1.29, 1.82) is 0 Å². The van der Waals surface area contributed by atoms with Gasteiger partial charge >= 0.3 is 0 Å². The van der Waals surface area contributed by atoms with Gasteiger partial charge in [0.2, 0.25) is 11.9 Å². The molecule has 3 rings (SSSR count). The molecule has 0 saturated heterocycles. The Morgan fingerprint density at radius 2 is 2.13 bits per heavy atom. The first-order chi connectivity index (χ1) is 11.0. The number of rotatable bonds is 4. The van der Waals surface area contributed by atoms with Gasteiger partial charge in [0.1, 0.15) is 0 Å². The van der Waals surface area contributed by atoms with Crippen LogP contribution in [0.1, 0.15) is 25.3 Å². The van der Waals surface area contributed by atoms with Gasteiger partial charge < -0.3 is 11.1 Å². The van der Waals surface area contributed by atoms with Gasteiger partial charge in [0.15, 0.2) is 5.65 Å². The van der Waals surface area contributed by atoms with Crippen molar-refractivity contribution in [3.63, 3.8) is 0 Å². The summed E-state index contributed by atoms with van der Waals surface area (Å²) < 4.78 is 1.53. The number of nitrogens with one attached hydrogen (secondary N) is 1. The molecule has 0 aliphatic heterocycles. The zero-order valence-corrected chi connectivity index (χ0v) is 12.6. The summed E-state index contributed by atoms with van der Waals surface area (Å²) in [7, 11) is 0. The van der Waals surface area contributed by atoms with E-state index in [9.17, 15) is 10.1 Å². The lowest BCUT2D eigenvalue weighted by Crippen LogP contribution is -2.08. The third kappa shape index (κ3) is 2.76. The van der Waals surface area contributed by atoms with E-state index < -0.39 is 4.92 Å². The Balaban J connectivity index is 2.06. The van der Waals surface area contributed by atoms with Crippen LogP contribution in [-0.4, -0.2) is 24.5 Å². The molecule has 9 nitrogen and oxygen atoms in total. The van der Waals surface area contributed by atoms with Gasteiger partial charge in [-0.15, -0.1) is 0 Å². The first-order valence-corrected chi connectivity index (χ1v) is 6.98. The summed E-state index contributed by atoms with van der Waals surface area (Å²) in [6, 6.07) is 6.12. The van der Waals surface area contributed by atoms with Crippen LogP contribution in [0.3, 0.4) is 0 Å². The summed E-state index contributed by atoms with van der Waals surface area (Å²) in [6.07, 6.45) is 1.72. The molecule has 0 fully saturated rings. The molecule has 0 saturated carbocycles. The molecule has 0 bridgehead atoms. The molecular weight excluding hydrogens is 298 g/mol. The largest absolute Gasteiger partial charge is 0.368 e. The van der Waals surface area contributed by atoms with Crippen molar-refractivity contribution in [2.24, 2.45) is 0 Å². The molecule has 118 valence electrons. The lowest BCUT2D eigenvalue weighted by molar-refractivity contribution is -0.384. The third-order valence-electron chi connectivity index (χ3n) is 3.35. The molecule has 3 aromatic rings. The van der Waals surface area contributed by atoms with E-state index >= 15 is 0 Å². The fourth-order valence-corrected chi connectivity index (χ4v) is 2.23. The Morgan fingerprint density at radius 3 is 2.83 bits per heavy atom. The number of aromatic nitrogens is 4. The highest BCUT2D eigenvalue weighted by Crippen LogP contribution is 2.24. The average molecular weight is 313 g/mol. The number of nitrogen functional groups attached to an aromatic ring is 1. The highest BCUT2D eigenvalue weighted by atomic mass is 16.6. The minimum Gasteiger partial charge on any atom is -0.368 e. The molecule has 2 aromatic heterocycles. The minimum absolute atomic E-state index is 0.0170. The second kappa shape index (κ2) is 5.52. The summed E-state index contributed by atoms with van der Waals surface area (Å²) in [5.41, 5.74) is 7.83. The number of non-ortho nitro benzene ring substituents is 1. The maximum atomic E-state index is 10.9. The second-order valence-corrected chi connectivity index (χ2v) is 5.33. The molecule has 0 atom stereocenters. The predicted octanol–water partition coefficient (Wildman–Crippen LogP) is 2.48. The van der Waals surface area contributed by atoms with Gasteiger partial charge in [0.25, 0.3) is 5.69 Å². The monoisotopic (exact) mass is 313 g/mol. The van der Waals surface area contributed by atoms with E-state index in [0.29, 0.717) is 17.3 Å². The van der Waals surface area contributed by atoms with Gasteiger partial charge in [0, 0.05) is 23.4 Å². The number of nitrogens with two attached hydrogens (primary N) is 1. The fourth-order valence-electron chi connectivity index (χ4n) is 2.23. The number of hydrogen-bond acceptors (Lipinski definition) is 7. The van der Waals surface area contributed by atoms with Gasteiger partial charge in [-0.05, 0) is 12.0 Å². The van der Waals surface area contributed by atoms with Crippen molar-refractivity contribution < 1.29 is 4.92 Å². The van der Waals surface area contributed by atoms with Crippen molar-refractivity contribution in [3.8, 4) is 0 Å². The molecule has 1 aromatic carbocycles. The number of hydrogen-bond donors (Lipinski definition) is 2. The van der Waals surface area contributed by atoms with Crippen LogP contribution in [0.5, 0.6) is 0 Å². The maximum absolute atomic E-state index is 10.9. The second-order valence-electron chi connectivity index (χ2n) is 5.33. The first kappa shape index (κ1) is 14.7. The zero-order chi connectivity index (χ0) is 16.6. The van der Waals surface area contributed by atoms with Gasteiger partial charge in [0.05, 0.1) is 11.1 Å². The van der Waals surface area contributed by atoms with Crippen LogP contribution in [0.2, 0.25) is 0 Å². The third-order valence-corrected chi connectivity index (χ3v) is 3.35. The van der Waals surface area contributed by atoms with E-state index in [1.807, 2.05) is 13.8 Å². The molecule has 0 unspecified atom stereocenters. The normalized spacial score (nSPS) is 11.1. The zero-order valence-electron chi connectivity index (χ0n) is 12.6. The van der Waals surface area contributed by atoms with Crippen molar-refractivity contribution in [2.75, 3.05) is 11.1 Å². The lowest BCUT2D eigenvalue weighted by atomic mass is 10.1. The Hall–Kier alpha value is -3.23. The number of nitro benzene ring substituents is 1. The van der Waals surface area contributed by atoms with Crippen LogP contribution in [-0.2, 0) is 0 Å². The molecule has 3 N–H and O–H groups in total. The molecule has 0 aliphatic rings. The van der Waals surface area contributed by atoms with E-state index in [1.54, 1.807) is 18.3 Å². The molecule has 0 radical (unpaired) electrons. The first-order valence-electron chi connectivity index (χ1n) is 6.98. The summed E-state index contributed by atoms with van der Waals surface area (Å²) in [6.45, 7) is 4.06. The Kier molecular flexibility index (Phi) is 3.53. The number of nitro groups is 1. The minimum atomic E-state index is -0.458. The van der Waals surface area contributed by atoms with E-state index in [-0.39, 0.29) is 17.6 Å². The molecule has 0 aliphatic carbocycles. The van der Waals surface area contributed by atoms with Crippen molar-refractivity contribution in [3.05, 3.63) is 46.1 Å². The summed E-state index contributed by atoms with van der Waals surface area (Å²) >= 11 is 0. The van der Waals surface area contributed by atoms with Crippen LogP contribution in [0.25, 0.3) is 5.65 Å². The van der Waals surface area contributed by atoms with E-state index in [0.717, 1.165) is 5.56 Å². The van der Waals surface area contributed by atoms with Gasteiger partial charge in [-0.3, -0.25) is 10.1 Å². The van der Waals surface area contributed by atoms with Crippen LogP contribution >= 0.6 is 0 Å². The molecule has 9 heteroatoms. The summed E-state index contributed by atoms with van der Waals surface area (Å²) in [5, 5.41) is 18.1. The summed E-state index contributed by atoms with van der Waals surface area (Å²) in [4.78, 5) is 18.8. The van der Waals surface area contributed by atoms with Gasteiger partial charge in [-0.2, -0.15) is 19.6 Å². The molecule has 0 spiro atoms. The van der Waals surface area contributed by atoms with E-state index in [4.69, 9.17) is 5.73 Å². The number of benzene rings is 1. The summed E-state index contributed by atoms with van der Waals surface area (Å²) in [5.74, 6) is 0.681. The maximum Gasteiger partial charge on any atom is 0.271 e.